The zero-order valence-electron chi connectivity index (χ0n) is 15.7. The molecule has 0 unspecified atom stereocenters. The zero-order chi connectivity index (χ0) is 21.0. The van der Waals surface area contributed by atoms with Crippen LogP contribution in [0.1, 0.15) is 23.0 Å². The van der Waals surface area contributed by atoms with Crippen LogP contribution in [0, 0.1) is 17.0 Å². The third-order valence-electron chi connectivity index (χ3n) is 4.19. The number of para-hydroxylation sites is 2. The SMILES string of the molecule is Cc1ccnn1-c1ccc(C(=O)O[C@H](C)C(=O)Nc2ccccc2[N+](=O)[O-])cc1. The summed E-state index contributed by atoms with van der Waals surface area (Å²) in [6.45, 7) is 3.30. The van der Waals surface area contributed by atoms with Gasteiger partial charge in [-0.05, 0) is 50.2 Å². The molecule has 9 nitrogen and oxygen atoms in total. The molecule has 0 saturated carbocycles. The number of nitrogens with zero attached hydrogens (tertiary/aromatic N) is 3. The van der Waals surface area contributed by atoms with Crippen molar-refractivity contribution in [2.24, 2.45) is 0 Å². The van der Waals surface area contributed by atoms with Gasteiger partial charge in [-0.25, -0.2) is 9.48 Å². The summed E-state index contributed by atoms with van der Waals surface area (Å²) in [5.41, 5.74) is 1.78. The molecular weight excluding hydrogens is 376 g/mol. The highest BCUT2D eigenvalue weighted by Gasteiger charge is 2.22. The molecule has 0 radical (unpaired) electrons. The second-order valence-electron chi connectivity index (χ2n) is 6.24. The second kappa shape index (κ2) is 8.34. The Labute approximate surface area is 166 Å². The number of benzene rings is 2. The quantitative estimate of drug-likeness (QED) is 0.390. The molecule has 9 heteroatoms. The molecule has 1 heterocycles. The molecule has 29 heavy (non-hydrogen) atoms. The topological polar surface area (TPSA) is 116 Å². The highest BCUT2D eigenvalue weighted by molar-refractivity contribution is 5.98. The van der Waals surface area contributed by atoms with E-state index in [-0.39, 0.29) is 16.9 Å². The smallest absolute Gasteiger partial charge is 0.338 e. The van der Waals surface area contributed by atoms with Gasteiger partial charge in [-0.2, -0.15) is 5.10 Å². The molecule has 1 N–H and O–H groups in total. The monoisotopic (exact) mass is 394 g/mol. The van der Waals surface area contributed by atoms with Crippen molar-refractivity contribution in [1.29, 1.82) is 0 Å². The number of esters is 1. The van der Waals surface area contributed by atoms with E-state index in [1.165, 1.54) is 25.1 Å². The number of aryl methyl sites for hydroxylation is 1. The first-order chi connectivity index (χ1) is 13.9. The fourth-order valence-corrected chi connectivity index (χ4v) is 2.63. The maximum atomic E-state index is 12.3. The van der Waals surface area contributed by atoms with Gasteiger partial charge in [-0.1, -0.05) is 12.1 Å². The van der Waals surface area contributed by atoms with Crippen molar-refractivity contribution in [3.63, 3.8) is 0 Å². The zero-order valence-corrected chi connectivity index (χ0v) is 15.7. The summed E-state index contributed by atoms with van der Waals surface area (Å²) < 4.78 is 6.90. The maximum absolute atomic E-state index is 12.3. The molecule has 0 saturated heterocycles. The largest absolute Gasteiger partial charge is 0.449 e. The first kappa shape index (κ1) is 19.7. The van der Waals surface area contributed by atoms with Gasteiger partial charge in [0.05, 0.1) is 16.2 Å². The van der Waals surface area contributed by atoms with Crippen LogP contribution >= 0.6 is 0 Å². The summed E-state index contributed by atoms with van der Waals surface area (Å²) in [6, 6.07) is 14.2. The van der Waals surface area contributed by atoms with Crippen LogP contribution in [0.5, 0.6) is 0 Å². The third kappa shape index (κ3) is 4.46. The minimum absolute atomic E-state index is 0.0318. The number of nitrogens with one attached hydrogen (secondary N) is 1. The molecule has 3 aromatic rings. The van der Waals surface area contributed by atoms with E-state index in [1.807, 2.05) is 13.0 Å². The molecule has 1 aromatic heterocycles. The molecule has 3 rings (SSSR count). The van der Waals surface area contributed by atoms with E-state index in [1.54, 1.807) is 41.2 Å². The average molecular weight is 394 g/mol. The number of aromatic nitrogens is 2. The molecular formula is C20H18N4O5. The van der Waals surface area contributed by atoms with E-state index >= 15 is 0 Å². The number of ether oxygens (including phenoxy) is 1. The van der Waals surface area contributed by atoms with Crippen molar-refractivity contribution in [1.82, 2.24) is 9.78 Å². The fraction of sp³-hybridized carbons (Fsp3) is 0.150. The molecule has 148 valence electrons. The normalized spacial score (nSPS) is 11.5. The summed E-state index contributed by atoms with van der Waals surface area (Å²) in [4.78, 5) is 35.0. The van der Waals surface area contributed by atoms with Crippen molar-refractivity contribution in [2.45, 2.75) is 20.0 Å². The lowest BCUT2D eigenvalue weighted by Gasteiger charge is -2.14. The Morgan fingerprint density at radius 3 is 2.45 bits per heavy atom. The number of nitro groups is 1. The lowest BCUT2D eigenvalue weighted by molar-refractivity contribution is -0.383. The number of carbonyl (C=O) groups is 2. The number of anilines is 1. The van der Waals surface area contributed by atoms with E-state index in [9.17, 15) is 19.7 Å². The van der Waals surface area contributed by atoms with Gasteiger partial charge in [0.2, 0.25) is 0 Å². The van der Waals surface area contributed by atoms with Crippen LogP contribution in [0.25, 0.3) is 5.69 Å². The molecule has 0 fully saturated rings. The summed E-state index contributed by atoms with van der Waals surface area (Å²) in [6.07, 6.45) is 0.532. The number of nitro benzene ring substituents is 1. The highest BCUT2D eigenvalue weighted by atomic mass is 16.6. The third-order valence-corrected chi connectivity index (χ3v) is 4.19. The van der Waals surface area contributed by atoms with Crippen molar-refractivity contribution in [2.75, 3.05) is 5.32 Å². The van der Waals surface area contributed by atoms with Crippen LogP contribution in [0.15, 0.2) is 60.8 Å². The molecule has 1 amide bonds. The van der Waals surface area contributed by atoms with E-state index in [4.69, 9.17) is 4.74 Å². The lowest BCUT2D eigenvalue weighted by Crippen LogP contribution is -2.30. The first-order valence-corrected chi connectivity index (χ1v) is 8.73. The summed E-state index contributed by atoms with van der Waals surface area (Å²) in [5.74, 6) is -1.35. The van der Waals surface area contributed by atoms with Gasteiger partial charge in [0.1, 0.15) is 5.69 Å². The second-order valence-corrected chi connectivity index (χ2v) is 6.24. The van der Waals surface area contributed by atoms with Crippen molar-refractivity contribution in [3.8, 4) is 5.69 Å². The van der Waals surface area contributed by atoms with Crippen LogP contribution in [-0.2, 0) is 9.53 Å². The molecule has 0 aliphatic rings. The van der Waals surface area contributed by atoms with Gasteiger partial charge in [0.25, 0.3) is 11.6 Å². The summed E-state index contributed by atoms with van der Waals surface area (Å²) in [7, 11) is 0. The molecule has 2 aromatic carbocycles. The number of rotatable bonds is 6. The van der Waals surface area contributed by atoms with Crippen LogP contribution in [0.3, 0.4) is 0 Å². The van der Waals surface area contributed by atoms with Crippen molar-refractivity contribution in [3.05, 3.63) is 82.2 Å². The number of hydrogen-bond donors (Lipinski definition) is 1. The van der Waals surface area contributed by atoms with Crippen LogP contribution in [0.2, 0.25) is 0 Å². The Kier molecular flexibility index (Phi) is 5.68. The lowest BCUT2D eigenvalue weighted by atomic mass is 10.2. The first-order valence-electron chi connectivity index (χ1n) is 8.73. The Morgan fingerprint density at radius 2 is 1.83 bits per heavy atom. The van der Waals surface area contributed by atoms with E-state index < -0.39 is 22.9 Å². The summed E-state index contributed by atoms with van der Waals surface area (Å²) in [5, 5.41) is 17.6. The Hall–Kier alpha value is -4.01. The number of carbonyl (C=O) groups excluding carboxylic acids is 2. The minimum atomic E-state index is -1.14. The van der Waals surface area contributed by atoms with Crippen LogP contribution in [-0.4, -0.2) is 32.7 Å². The molecule has 1 atom stereocenters. The predicted molar refractivity (Wildman–Crippen MR) is 105 cm³/mol. The molecule has 0 aliphatic heterocycles. The van der Waals surface area contributed by atoms with E-state index in [0.717, 1.165) is 11.4 Å². The van der Waals surface area contributed by atoms with E-state index in [0.29, 0.717) is 0 Å². The Morgan fingerprint density at radius 1 is 1.14 bits per heavy atom. The number of amides is 1. The van der Waals surface area contributed by atoms with Crippen molar-refractivity contribution >= 4 is 23.3 Å². The Balaban J connectivity index is 1.65. The molecule has 0 spiro atoms. The van der Waals surface area contributed by atoms with Crippen LogP contribution < -0.4 is 5.32 Å². The van der Waals surface area contributed by atoms with Crippen LogP contribution in [0.4, 0.5) is 11.4 Å². The maximum Gasteiger partial charge on any atom is 0.338 e. The van der Waals surface area contributed by atoms with E-state index in [2.05, 4.69) is 10.4 Å². The molecule has 0 bridgehead atoms. The summed E-state index contributed by atoms with van der Waals surface area (Å²) >= 11 is 0. The van der Waals surface area contributed by atoms with Gasteiger partial charge in [0.15, 0.2) is 6.10 Å². The molecule has 0 aliphatic carbocycles. The Bertz CT molecular complexity index is 1060. The van der Waals surface area contributed by atoms with Crippen molar-refractivity contribution < 1.29 is 19.2 Å². The fourth-order valence-electron chi connectivity index (χ4n) is 2.63. The predicted octanol–water partition coefficient (Wildman–Crippen LogP) is 3.27. The standard InChI is InChI=1S/C20H18N4O5/c1-13-11-12-21-23(13)16-9-7-15(8-10-16)20(26)29-14(2)19(25)22-17-5-3-4-6-18(17)24(27)28/h3-12,14H,1-2H3,(H,22,25)/t14-/m1/s1. The van der Waals surface area contributed by atoms with Gasteiger partial charge in [-0.15, -0.1) is 0 Å². The average Bonchev–Trinajstić information content (AvgIpc) is 3.14. The van der Waals surface area contributed by atoms with Gasteiger partial charge < -0.3 is 10.1 Å². The van der Waals surface area contributed by atoms with Gasteiger partial charge in [0, 0.05) is 18.0 Å². The number of hydrogen-bond acceptors (Lipinski definition) is 6. The highest BCUT2D eigenvalue weighted by Crippen LogP contribution is 2.23. The minimum Gasteiger partial charge on any atom is -0.449 e. The van der Waals surface area contributed by atoms with Gasteiger partial charge in [-0.3, -0.25) is 14.9 Å². The van der Waals surface area contributed by atoms with Gasteiger partial charge >= 0.3 is 5.97 Å².